The number of hydrogen-bond acceptors (Lipinski definition) is 2. The molecule has 1 saturated carbocycles. The van der Waals surface area contributed by atoms with E-state index in [1.807, 2.05) is 0 Å². The maximum absolute atomic E-state index is 12.6. The Morgan fingerprint density at radius 3 is 2.68 bits per heavy atom. The molecule has 19 heavy (non-hydrogen) atoms. The molecule has 2 nitrogen and oxygen atoms in total. The van der Waals surface area contributed by atoms with Crippen LogP contribution in [-0.4, -0.2) is 12.3 Å². The summed E-state index contributed by atoms with van der Waals surface area (Å²) in [6, 6.07) is 4.64. The highest BCUT2D eigenvalue weighted by Crippen LogP contribution is 2.35. The van der Waals surface area contributed by atoms with Gasteiger partial charge in [0.25, 0.3) is 0 Å². The van der Waals surface area contributed by atoms with E-state index in [1.165, 1.54) is 12.1 Å². The fourth-order valence-electron chi connectivity index (χ4n) is 2.73. The van der Waals surface area contributed by atoms with Crippen LogP contribution >= 0.6 is 0 Å². The van der Waals surface area contributed by atoms with E-state index in [2.05, 4.69) is 0 Å². The normalized spacial score (nSPS) is 23.6. The summed E-state index contributed by atoms with van der Waals surface area (Å²) in [7, 11) is 0. The molecule has 1 aromatic rings. The Hall–Kier alpha value is -1.36. The van der Waals surface area contributed by atoms with Crippen molar-refractivity contribution < 1.29 is 18.0 Å². The number of rotatable bonds is 3. The molecule has 0 aromatic heterocycles. The van der Waals surface area contributed by atoms with Crippen molar-refractivity contribution in [2.75, 3.05) is 6.54 Å². The molecule has 2 unspecified atom stereocenters. The molecule has 0 spiro atoms. The first kappa shape index (κ1) is 14.1. The van der Waals surface area contributed by atoms with Crippen molar-refractivity contribution >= 4 is 5.78 Å². The quantitative estimate of drug-likeness (QED) is 0.857. The van der Waals surface area contributed by atoms with Crippen LogP contribution in [0.3, 0.4) is 0 Å². The Balaban J connectivity index is 2.24. The maximum atomic E-state index is 12.6. The van der Waals surface area contributed by atoms with Gasteiger partial charge in [-0.3, -0.25) is 4.79 Å². The molecule has 0 bridgehead atoms. The molecule has 1 fully saturated rings. The summed E-state index contributed by atoms with van der Waals surface area (Å²) in [5, 5.41) is 0. The highest BCUT2D eigenvalue weighted by atomic mass is 19.4. The monoisotopic (exact) mass is 271 g/mol. The molecule has 0 amide bonds. The predicted molar refractivity (Wildman–Crippen MR) is 65.7 cm³/mol. The van der Waals surface area contributed by atoms with Crippen molar-refractivity contribution in [1.82, 2.24) is 0 Å². The summed E-state index contributed by atoms with van der Waals surface area (Å²) >= 11 is 0. The van der Waals surface area contributed by atoms with Crippen LogP contribution < -0.4 is 5.73 Å². The van der Waals surface area contributed by atoms with E-state index in [-0.39, 0.29) is 23.2 Å². The van der Waals surface area contributed by atoms with Gasteiger partial charge in [-0.2, -0.15) is 13.2 Å². The molecule has 2 N–H and O–H groups in total. The molecule has 0 aliphatic heterocycles. The zero-order chi connectivity index (χ0) is 14.0. The lowest BCUT2D eigenvalue weighted by Gasteiger charge is -2.17. The van der Waals surface area contributed by atoms with Crippen molar-refractivity contribution in [3.05, 3.63) is 35.4 Å². The minimum absolute atomic E-state index is 0.0991. The molecular formula is C14H16F3NO. The lowest BCUT2D eigenvalue weighted by Crippen LogP contribution is -2.25. The number of hydrogen-bond donors (Lipinski definition) is 1. The average Bonchev–Trinajstić information content (AvgIpc) is 2.85. The van der Waals surface area contributed by atoms with Gasteiger partial charge >= 0.3 is 6.18 Å². The molecule has 1 aliphatic rings. The molecular weight excluding hydrogens is 255 g/mol. The largest absolute Gasteiger partial charge is 0.416 e. The van der Waals surface area contributed by atoms with Gasteiger partial charge in [0.05, 0.1) is 5.56 Å². The van der Waals surface area contributed by atoms with Crippen LogP contribution in [-0.2, 0) is 6.18 Å². The van der Waals surface area contributed by atoms with Gasteiger partial charge < -0.3 is 5.73 Å². The number of alkyl halides is 3. The third-order valence-electron chi connectivity index (χ3n) is 3.77. The summed E-state index contributed by atoms with van der Waals surface area (Å²) < 4.78 is 37.9. The molecule has 2 atom stereocenters. The van der Waals surface area contributed by atoms with E-state index >= 15 is 0 Å². The van der Waals surface area contributed by atoms with Crippen LogP contribution in [0.25, 0.3) is 0 Å². The highest BCUT2D eigenvalue weighted by molar-refractivity contribution is 5.98. The second-order valence-electron chi connectivity index (χ2n) is 4.98. The summed E-state index contributed by atoms with van der Waals surface area (Å²) in [4.78, 5) is 12.3. The fourth-order valence-corrected chi connectivity index (χ4v) is 2.73. The Labute approximate surface area is 109 Å². The van der Waals surface area contributed by atoms with E-state index < -0.39 is 11.7 Å². The smallest absolute Gasteiger partial charge is 0.330 e. The molecule has 0 heterocycles. The second kappa shape index (κ2) is 5.33. The SMILES string of the molecule is NCC1CCCC1C(=O)c1cccc(C(F)(F)F)c1. The molecule has 104 valence electrons. The Morgan fingerprint density at radius 1 is 1.32 bits per heavy atom. The standard InChI is InChI=1S/C14H16F3NO/c15-14(16,17)11-5-1-3-9(7-11)13(19)12-6-2-4-10(12)8-18/h1,3,5,7,10,12H,2,4,6,8,18H2. The Bertz CT molecular complexity index is 470. The third kappa shape index (κ3) is 2.97. The van der Waals surface area contributed by atoms with Gasteiger partial charge in [0, 0.05) is 11.5 Å². The first-order valence-electron chi connectivity index (χ1n) is 6.35. The second-order valence-corrected chi connectivity index (χ2v) is 4.98. The van der Waals surface area contributed by atoms with Gasteiger partial charge in [0.15, 0.2) is 5.78 Å². The van der Waals surface area contributed by atoms with Crippen molar-refractivity contribution in [3.63, 3.8) is 0 Å². The van der Waals surface area contributed by atoms with Crippen molar-refractivity contribution in [1.29, 1.82) is 0 Å². The maximum Gasteiger partial charge on any atom is 0.416 e. The van der Waals surface area contributed by atoms with Gasteiger partial charge in [0.1, 0.15) is 0 Å². The zero-order valence-electron chi connectivity index (χ0n) is 10.4. The number of nitrogens with two attached hydrogens (primary N) is 1. The number of carbonyl (C=O) groups excluding carboxylic acids is 1. The number of ketones is 1. The van der Waals surface area contributed by atoms with Crippen molar-refractivity contribution in [2.24, 2.45) is 17.6 Å². The van der Waals surface area contributed by atoms with Crippen LogP contribution in [0.1, 0.15) is 35.2 Å². The van der Waals surface area contributed by atoms with E-state index in [0.717, 1.165) is 31.4 Å². The molecule has 0 saturated heterocycles. The fraction of sp³-hybridized carbons (Fsp3) is 0.500. The summed E-state index contributed by atoms with van der Waals surface area (Å²) in [5.74, 6) is -0.338. The molecule has 2 rings (SSSR count). The Morgan fingerprint density at radius 2 is 2.05 bits per heavy atom. The van der Waals surface area contributed by atoms with Crippen molar-refractivity contribution in [2.45, 2.75) is 25.4 Å². The number of carbonyl (C=O) groups is 1. The number of benzene rings is 1. The first-order valence-corrected chi connectivity index (χ1v) is 6.35. The van der Waals surface area contributed by atoms with Gasteiger partial charge in [0.2, 0.25) is 0 Å². The minimum atomic E-state index is -4.42. The van der Waals surface area contributed by atoms with Gasteiger partial charge in [-0.25, -0.2) is 0 Å². The topological polar surface area (TPSA) is 43.1 Å². The van der Waals surface area contributed by atoms with Crippen LogP contribution in [0.4, 0.5) is 13.2 Å². The van der Waals surface area contributed by atoms with Gasteiger partial charge in [-0.1, -0.05) is 18.6 Å². The van der Waals surface area contributed by atoms with Crippen LogP contribution in [0.2, 0.25) is 0 Å². The van der Waals surface area contributed by atoms with Crippen molar-refractivity contribution in [3.8, 4) is 0 Å². The lowest BCUT2D eigenvalue weighted by molar-refractivity contribution is -0.137. The van der Waals surface area contributed by atoms with Crippen LogP contribution in [0.15, 0.2) is 24.3 Å². The van der Waals surface area contributed by atoms with E-state index in [1.54, 1.807) is 0 Å². The first-order chi connectivity index (χ1) is 8.93. The minimum Gasteiger partial charge on any atom is -0.330 e. The molecule has 5 heteroatoms. The number of halogens is 3. The van der Waals surface area contributed by atoms with E-state index in [0.29, 0.717) is 6.54 Å². The molecule has 1 aliphatic carbocycles. The summed E-state index contributed by atoms with van der Waals surface area (Å²) in [6.45, 7) is 0.412. The molecule has 0 radical (unpaired) electrons. The van der Waals surface area contributed by atoms with E-state index in [9.17, 15) is 18.0 Å². The highest BCUT2D eigenvalue weighted by Gasteiger charge is 2.34. The predicted octanol–water partition coefficient (Wildman–Crippen LogP) is 3.26. The third-order valence-corrected chi connectivity index (χ3v) is 3.77. The number of Topliss-reactive ketones (excluding diaryl/α,β-unsaturated/α-hetero) is 1. The average molecular weight is 271 g/mol. The molecule has 1 aromatic carbocycles. The van der Waals surface area contributed by atoms with Gasteiger partial charge in [-0.05, 0) is 37.4 Å². The van der Waals surface area contributed by atoms with Crippen LogP contribution in [0.5, 0.6) is 0 Å². The Kier molecular flexibility index (Phi) is 3.94. The summed E-state index contributed by atoms with van der Waals surface area (Å²) in [5.41, 5.74) is 4.97. The zero-order valence-corrected chi connectivity index (χ0v) is 10.4. The lowest BCUT2D eigenvalue weighted by atomic mass is 9.88. The summed E-state index contributed by atoms with van der Waals surface area (Å²) in [6.07, 6.45) is -1.90. The van der Waals surface area contributed by atoms with Gasteiger partial charge in [-0.15, -0.1) is 0 Å². The van der Waals surface area contributed by atoms with E-state index in [4.69, 9.17) is 5.73 Å². The van der Waals surface area contributed by atoms with Crippen LogP contribution in [0, 0.1) is 11.8 Å².